The van der Waals surface area contributed by atoms with Gasteiger partial charge in [0, 0.05) is 16.4 Å². The lowest BCUT2D eigenvalue weighted by Gasteiger charge is -2.09. The van der Waals surface area contributed by atoms with Gasteiger partial charge in [-0.05, 0) is 17.8 Å². The van der Waals surface area contributed by atoms with Crippen LogP contribution in [0.1, 0.15) is 11.5 Å². The Morgan fingerprint density at radius 2 is 2.35 bits per heavy atom. The van der Waals surface area contributed by atoms with Gasteiger partial charge in [0.1, 0.15) is 0 Å². The standard InChI is InChI=1S/C10H10BNO5/c13-11-3-6(4-12(14)15)9-7(11)1-2-8-10(9)17-5-16-8/h1-2,6,13H,3-5H2. The lowest BCUT2D eigenvalue weighted by atomic mass is 9.62. The fourth-order valence-corrected chi connectivity index (χ4v) is 2.58. The van der Waals surface area contributed by atoms with E-state index in [0.29, 0.717) is 17.8 Å². The summed E-state index contributed by atoms with van der Waals surface area (Å²) in [7, 11) is 0. The number of ether oxygens (including phenoxy) is 2. The molecule has 3 rings (SSSR count). The molecule has 1 atom stereocenters. The molecule has 1 N–H and O–H groups in total. The molecule has 6 nitrogen and oxygen atoms in total. The Morgan fingerprint density at radius 1 is 1.53 bits per heavy atom. The third kappa shape index (κ3) is 1.54. The van der Waals surface area contributed by atoms with Gasteiger partial charge in [-0.15, -0.1) is 0 Å². The maximum atomic E-state index is 10.6. The average Bonchev–Trinajstić information content (AvgIpc) is 2.82. The van der Waals surface area contributed by atoms with Gasteiger partial charge in [0.2, 0.25) is 13.3 Å². The van der Waals surface area contributed by atoms with Gasteiger partial charge in [0.25, 0.3) is 0 Å². The first-order chi connectivity index (χ1) is 8.16. The van der Waals surface area contributed by atoms with Crippen LogP contribution in [0.4, 0.5) is 0 Å². The number of fused-ring (bicyclic) bond motifs is 3. The van der Waals surface area contributed by atoms with E-state index < -0.39 is 6.92 Å². The van der Waals surface area contributed by atoms with Crippen molar-refractivity contribution in [3.63, 3.8) is 0 Å². The number of rotatable bonds is 2. The van der Waals surface area contributed by atoms with Crippen LogP contribution in [0.2, 0.25) is 6.32 Å². The summed E-state index contributed by atoms with van der Waals surface area (Å²) < 4.78 is 10.6. The summed E-state index contributed by atoms with van der Waals surface area (Å²) in [5.74, 6) is 0.865. The summed E-state index contributed by atoms with van der Waals surface area (Å²) in [6.45, 7) is -0.707. The number of nitro groups is 1. The van der Waals surface area contributed by atoms with E-state index in [2.05, 4.69) is 0 Å². The molecule has 0 amide bonds. The highest BCUT2D eigenvalue weighted by Gasteiger charge is 2.40. The first kappa shape index (κ1) is 10.4. The Bertz CT molecular complexity index is 492. The summed E-state index contributed by atoms with van der Waals surface area (Å²) in [5.41, 5.74) is 1.46. The molecule has 0 spiro atoms. The first-order valence-electron chi connectivity index (χ1n) is 5.39. The third-order valence-corrected chi connectivity index (χ3v) is 3.26. The zero-order chi connectivity index (χ0) is 12.0. The fraction of sp³-hybridized carbons (Fsp3) is 0.400. The van der Waals surface area contributed by atoms with E-state index in [1.807, 2.05) is 0 Å². The topological polar surface area (TPSA) is 81.8 Å². The second kappa shape index (κ2) is 3.63. The average molecular weight is 235 g/mol. The number of hydrogen-bond acceptors (Lipinski definition) is 5. The third-order valence-electron chi connectivity index (χ3n) is 3.26. The molecule has 88 valence electrons. The van der Waals surface area contributed by atoms with E-state index in [1.165, 1.54) is 0 Å². The van der Waals surface area contributed by atoms with Gasteiger partial charge in [-0.25, -0.2) is 0 Å². The van der Waals surface area contributed by atoms with Crippen molar-refractivity contribution in [2.75, 3.05) is 13.3 Å². The molecule has 2 aliphatic heterocycles. The molecule has 0 bridgehead atoms. The molecule has 0 radical (unpaired) electrons. The highest BCUT2D eigenvalue weighted by Crippen LogP contribution is 2.42. The van der Waals surface area contributed by atoms with Crippen molar-refractivity contribution < 1.29 is 19.4 Å². The summed E-state index contributed by atoms with van der Waals surface area (Å²) in [4.78, 5) is 10.3. The summed E-state index contributed by atoms with van der Waals surface area (Å²) in [5, 5.41) is 20.5. The molecule has 0 aliphatic carbocycles. The van der Waals surface area contributed by atoms with Gasteiger partial charge >= 0.3 is 6.92 Å². The molecule has 7 heteroatoms. The first-order valence-corrected chi connectivity index (χ1v) is 5.39. The lowest BCUT2D eigenvalue weighted by Crippen LogP contribution is -2.25. The van der Waals surface area contributed by atoms with E-state index >= 15 is 0 Å². The van der Waals surface area contributed by atoms with Gasteiger partial charge in [-0.3, -0.25) is 10.1 Å². The smallest absolute Gasteiger partial charge is 0.324 e. The largest absolute Gasteiger partial charge is 0.454 e. The Hall–Kier alpha value is -1.76. The van der Waals surface area contributed by atoms with Crippen LogP contribution in [0, 0.1) is 10.1 Å². The lowest BCUT2D eigenvalue weighted by molar-refractivity contribution is -0.482. The molecular weight excluding hydrogens is 225 g/mol. The van der Waals surface area contributed by atoms with Crippen molar-refractivity contribution in [3.8, 4) is 11.5 Å². The Balaban J connectivity index is 2.07. The van der Waals surface area contributed by atoms with E-state index in [9.17, 15) is 15.1 Å². The van der Waals surface area contributed by atoms with Gasteiger partial charge in [-0.1, -0.05) is 6.07 Å². The van der Waals surface area contributed by atoms with Crippen LogP contribution in [0.5, 0.6) is 11.5 Å². The van der Waals surface area contributed by atoms with E-state index in [1.54, 1.807) is 12.1 Å². The Kier molecular flexibility index (Phi) is 2.22. The molecule has 0 saturated heterocycles. The monoisotopic (exact) mass is 235 g/mol. The molecule has 0 fully saturated rings. The maximum Gasteiger partial charge on any atom is 0.324 e. The maximum absolute atomic E-state index is 10.6. The van der Waals surface area contributed by atoms with Crippen LogP contribution in [-0.2, 0) is 0 Å². The molecule has 1 aromatic carbocycles. The second-order valence-corrected chi connectivity index (χ2v) is 4.27. The van der Waals surface area contributed by atoms with E-state index in [0.717, 1.165) is 11.0 Å². The van der Waals surface area contributed by atoms with Crippen molar-refractivity contribution in [1.29, 1.82) is 0 Å². The van der Waals surface area contributed by atoms with Crippen molar-refractivity contribution in [2.45, 2.75) is 12.2 Å². The van der Waals surface area contributed by atoms with Crippen LogP contribution in [0.25, 0.3) is 0 Å². The zero-order valence-electron chi connectivity index (χ0n) is 8.96. The molecule has 2 aliphatic rings. The van der Waals surface area contributed by atoms with Crippen LogP contribution in [0.3, 0.4) is 0 Å². The number of nitrogens with zero attached hydrogens (tertiary/aromatic N) is 1. The fourth-order valence-electron chi connectivity index (χ4n) is 2.58. The summed E-state index contributed by atoms with van der Waals surface area (Å²) >= 11 is 0. The van der Waals surface area contributed by atoms with Crippen molar-refractivity contribution in [3.05, 3.63) is 27.8 Å². The highest BCUT2D eigenvalue weighted by atomic mass is 16.7. The quantitative estimate of drug-likeness (QED) is 0.442. The van der Waals surface area contributed by atoms with Crippen molar-refractivity contribution in [1.82, 2.24) is 0 Å². The van der Waals surface area contributed by atoms with Gasteiger partial charge in [0.15, 0.2) is 11.5 Å². The number of hydrogen-bond donors (Lipinski definition) is 1. The minimum Gasteiger partial charge on any atom is -0.454 e. The minimum absolute atomic E-state index is 0.132. The normalized spacial score (nSPS) is 20.5. The molecular formula is C10H10BNO5. The molecule has 2 heterocycles. The minimum atomic E-state index is -0.649. The second-order valence-electron chi connectivity index (χ2n) is 4.27. The van der Waals surface area contributed by atoms with E-state index in [4.69, 9.17) is 9.47 Å². The van der Waals surface area contributed by atoms with Gasteiger partial charge in [-0.2, -0.15) is 0 Å². The highest BCUT2D eigenvalue weighted by molar-refractivity contribution is 6.68. The van der Waals surface area contributed by atoms with Crippen molar-refractivity contribution in [2.24, 2.45) is 0 Å². The van der Waals surface area contributed by atoms with Crippen LogP contribution in [-0.4, -0.2) is 30.2 Å². The van der Waals surface area contributed by atoms with E-state index in [-0.39, 0.29) is 24.2 Å². The van der Waals surface area contributed by atoms with Crippen molar-refractivity contribution >= 4 is 12.4 Å². The Labute approximate surface area is 97.4 Å². The van der Waals surface area contributed by atoms with Gasteiger partial charge < -0.3 is 14.5 Å². The summed E-state index contributed by atoms with van der Waals surface area (Å²) in [6, 6.07) is 3.49. The Morgan fingerprint density at radius 3 is 3.12 bits per heavy atom. The zero-order valence-corrected chi connectivity index (χ0v) is 8.96. The molecule has 0 saturated carbocycles. The van der Waals surface area contributed by atoms with Crippen LogP contribution < -0.4 is 14.9 Å². The number of benzene rings is 1. The van der Waals surface area contributed by atoms with Crippen LogP contribution in [0.15, 0.2) is 12.1 Å². The van der Waals surface area contributed by atoms with Gasteiger partial charge in [0.05, 0.1) is 0 Å². The van der Waals surface area contributed by atoms with Crippen LogP contribution >= 0.6 is 0 Å². The molecule has 1 aromatic rings. The molecule has 0 aromatic heterocycles. The predicted octanol–water partition coefficient (Wildman–Crippen LogP) is -0.0200. The molecule has 1 unspecified atom stereocenters. The predicted molar refractivity (Wildman–Crippen MR) is 59.6 cm³/mol. The SMILES string of the molecule is O=[N+]([O-])CC1CB(O)c2ccc3c(c21)OCO3. The molecule has 17 heavy (non-hydrogen) atoms. The summed E-state index contributed by atoms with van der Waals surface area (Å²) in [6.07, 6.45) is 0.371.